The number of rotatable bonds is 7. The standard InChI is InChI=1S/C23H25FN4O4S/c1-2-16-3-5-17(6-4-16)15-21-26-27-23(32-21)25-22(29)18-11-13-28(14-12-18)33(30,31)20-9-7-19(24)8-10-20/h3-10,18H,2,11-15H2,1H3,(H,25,27,29). The van der Waals surface area contributed by atoms with E-state index in [0.717, 1.165) is 24.1 Å². The van der Waals surface area contributed by atoms with Gasteiger partial charge in [0.05, 0.1) is 11.3 Å². The number of hydrogen-bond acceptors (Lipinski definition) is 6. The van der Waals surface area contributed by atoms with Crippen LogP contribution in [0.5, 0.6) is 0 Å². The molecule has 0 spiro atoms. The minimum Gasteiger partial charge on any atom is -0.407 e. The van der Waals surface area contributed by atoms with Crippen LogP contribution in [-0.4, -0.2) is 41.9 Å². The summed E-state index contributed by atoms with van der Waals surface area (Å²) in [5.41, 5.74) is 2.28. The van der Waals surface area contributed by atoms with Crippen LogP contribution in [0.25, 0.3) is 0 Å². The van der Waals surface area contributed by atoms with Crippen molar-refractivity contribution in [3.63, 3.8) is 0 Å². The molecular formula is C23H25FN4O4S. The van der Waals surface area contributed by atoms with Crippen molar-refractivity contribution in [1.29, 1.82) is 0 Å². The van der Waals surface area contributed by atoms with Gasteiger partial charge in [0.15, 0.2) is 0 Å². The fraction of sp³-hybridized carbons (Fsp3) is 0.348. The quantitative estimate of drug-likeness (QED) is 0.565. The molecule has 1 saturated heterocycles. The Balaban J connectivity index is 1.31. The van der Waals surface area contributed by atoms with Crippen molar-refractivity contribution in [2.75, 3.05) is 18.4 Å². The molecule has 2 heterocycles. The molecular weight excluding hydrogens is 447 g/mol. The number of piperidine rings is 1. The van der Waals surface area contributed by atoms with Crippen molar-refractivity contribution < 1.29 is 22.0 Å². The van der Waals surface area contributed by atoms with Gasteiger partial charge in [-0.1, -0.05) is 36.3 Å². The van der Waals surface area contributed by atoms with Crippen molar-refractivity contribution in [3.8, 4) is 0 Å². The van der Waals surface area contributed by atoms with E-state index >= 15 is 0 Å². The highest BCUT2D eigenvalue weighted by molar-refractivity contribution is 7.89. The van der Waals surface area contributed by atoms with E-state index in [0.29, 0.717) is 25.2 Å². The summed E-state index contributed by atoms with van der Waals surface area (Å²) in [5.74, 6) is -0.754. The second-order valence-electron chi connectivity index (χ2n) is 7.97. The van der Waals surface area contributed by atoms with E-state index in [-0.39, 0.29) is 35.8 Å². The van der Waals surface area contributed by atoms with Crippen LogP contribution in [0.3, 0.4) is 0 Å². The van der Waals surface area contributed by atoms with Crippen molar-refractivity contribution in [3.05, 3.63) is 71.4 Å². The molecule has 1 aliphatic rings. The fourth-order valence-electron chi connectivity index (χ4n) is 3.76. The van der Waals surface area contributed by atoms with E-state index in [4.69, 9.17) is 4.42 Å². The molecule has 4 rings (SSSR count). The zero-order valence-corrected chi connectivity index (χ0v) is 19.0. The van der Waals surface area contributed by atoms with E-state index in [2.05, 4.69) is 34.6 Å². The average Bonchev–Trinajstić information content (AvgIpc) is 3.26. The number of anilines is 1. The van der Waals surface area contributed by atoms with Crippen LogP contribution in [0.15, 0.2) is 57.8 Å². The first-order chi connectivity index (χ1) is 15.8. The lowest BCUT2D eigenvalue weighted by Gasteiger charge is -2.30. The Morgan fingerprint density at radius 3 is 2.33 bits per heavy atom. The summed E-state index contributed by atoms with van der Waals surface area (Å²) >= 11 is 0. The maximum absolute atomic E-state index is 13.1. The van der Waals surface area contributed by atoms with Crippen molar-refractivity contribution in [2.45, 2.75) is 37.5 Å². The van der Waals surface area contributed by atoms with Crippen LogP contribution >= 0.6 is 0 Å². The topological polar surface area (TPSA) is 105 Å². The lowest BCUT2D eigenvalue weighted by atomic mass is 9.97. The number of nitrogens with one attached hydrogen (secondary N) is 1. The third kappa shape index (κ3) is 5.45. The Kier molecular flexibility index (Phi) is 6.85. The molecule has 10 heteroatoms. The van der Waals surface area contributed by atoms with E-state index in [1.807, 2.05) is 12.1 Å². The largest absolute Gasteiger partial charge is 0.407 e. The van der Waals surface area contributed by atoms with Gasteiger partial charge in [0.25, 0.3) is 0 Å². The molecule has 33 heavy (non-hydrogen) atoms. The van der Waals surface area contributed by atoms with Gasteiger partial charge in [-0.2, -0.15) is 4.31 Å². The number of carbonyl (C=O) groups excluding carboxylic acids is 1. The van der Waals surface area contributed by atoms with Crippen molar-refractivity contribution in [2.24, 2.45) is 5.92 Å². The van der Waals surface area contributed by atoms with Gasteiger partial charge in [0.2, 0.25) is 21.8 Å². The molecule has 1 aliphatic heterocycles. The first-order valence-electron chi connectivity index (χ1n) is 10.8. The number of nitrogens with zero attached hydrogens (tertiary/aromatic N) is 3. The van der Waals surface area contributed by atoms with Gasteiger partial charge in [-0.15, -0.1) is 5.10 Å². The average molecular weight is 473 g/mol. The number of amides is 1. The normalized spacial score (nSPS) is 15.5. The summed E-state index contributed by atoms with van der Waals surface area (Å²) < 4.78 is 45.4. The molecule has 1 aromatic heterocycles. The highest BCUT2D eigenvalue weighted by Crippen LogP contribution is 2.25. The second-order valence-corrected chi connectivity index (χ2v) is 9.91. The number of sulfonamides is 1. The van der Waals surface area contributed by atoms with Gasteiger partial charge in [-0.05, 0) is 54.7 Å². The van der Waals surface area contributed by atoms with Crippen molar-refractivity contribution in [1.82, 2.24) is 14.5 Å². The van der Waals surface area contributed by atoms with Crippen LogP contribution in [-0.2, 0) is 27.7 Å². The number of aryl methyl sites for hydroxylation is 1. The summed E-state index contributed by atoms with van der Waals surface area (Å²) in [6, 6.07) is 12.9. The monoisotopic (exact) mass is 472 g/mol. The Morgan fingerprint density at radius 2 is 1.70 bits per heavy atom. The van der Waals surface area contributed by atoms with Gasteiger partial charge in [-0.3, -0.25) is 10.1 Å². The number of aromatic nitrogens is 2. The molecule has 0 saturated carbocycles. The number of carbonyl (C=O) groups is 1. The zero-order chi connectivity index (χ0) is 23.4. The fourth-order valence-corrected chi connectivity index (χ4v) is 5.23. The molecule has 0 aliphatic carbocycles. The Bertz CT molecular complexity index is 1200. The third-order valence-electron chi connectivity index (χ3n) is 5.76. The van der Waals surface area contributed by atoms with Crippen LogP contribution in [0.2, 0.25) is 0 Å². The van der Waals surface area contributed by atoms with Crippen molar-refractivity contribution >= 4 is 21.9 Å². The van der Waals surface area contributed by atoms with Gasteiger partial charge >= 0.3 is 6.01 Å². The molecule has 0 bridgehead atoms. The lowest BCUT2D eigenvalue weighted by Crippen LogP contribution is -2.41. The molecule has 8 nitrogen and oxygen atoms in total. The van der Waals surface area contributed by atoms with Gasteiger partial charge in [0, 0.05) is 19.0 Å². The molecule has 174 valence electrons. The van der Waals surface area contributed by atoms with Crippen LogP contribution in [0, 0.1) is 11.7 Å². The molecule has 1 fully saturated rings. The third-order valence-corrected chi connectivity index (χ3v) is 7.67. The lowest BCUT2D eigenvalue weighted by molar-refractivity contribution is -0.121. The highest BCUT2D eigenvalue weighted by Gasteiger charge is 2.32. The predicted molar refractivity (Wildman–Crippen MR) is 119 cm³/mol. The second kappa shape index (κ2) is 9.80. The smallest absolute Gasteiger partial charge is 0.322 e. The summed E-state index contributed by atoms with van der Waals surface area (Å²) in [4.78, 5) is 12.7. The molecule has 2 aromatic carbocycles. The first-order valence-corrected chi connectivity index (χ1v) is 12.3. The maximum atomic E-state index is 13.1. The summed E-state index contributed by atoms with van der Waals surface area (Å²) in [6.07, 6.45) is 2.15. The molecule has 0 radical (unpaired) electrons. The Hall–Kier alpha value is -3.11. The summed E-state index contributed by atoms with van der Waals surface area (Å²) in [6.45, 7) is 2.48. The predicted octanol–water partition coefficient (Wildman–Crippen LogP) is 3.40. The number of halogens is 1. The van der Waals surface area contributed by atoms with E-state index < -0.39 is 15.8 Å². The van der Waals surface area contributed by atoms with Crippen LogP contribution in [0.4, 0.5) is 10.4 Å². The summed E-state index contributed by atoms with van der Waals surface area (Å²) in [5, 5.41) is 10.5. The molecule has 1 N–H and O–H groups in total. The number of benzene rings is 2. The SMILES string of the molecule is CCc1ccc(Cc2nnc(NC(=O)C3CCN(S(=O)(=O)c4ccc(F)cc4)CC3)o2)cc1. The van der Waals surface area contributed by atoms with E-state index in [1.165, 1.54) is 22.0 Å². The zero-order valence-electron chi connectivity index (χ0n) is 18.2. The van der Waals surface area contributed by atoms with Gasteiger partial charge in [-0.25, -0.2) is 12.8 Å². The van der Waals surface area contributed by atoms with Gasteiger partial charge in [0.1, 0.15) is 5.82 Å². The first kappa shape index (κ1) is 23.1. The molecule has 1 amide bonds. The van der Waals surface area contributed by atoms with Gasteiger partial charge < -0.3 is 4.42 Å². The Labute approximate surface area is 191 Å². The maximum Gasteiger partial charge on any atom is 0.322 e. The molecule has 0 atom stereocenters. The minimum atomic E-state index is -3.72. The Morgan fingerprint density at radius 1 is 1.06 bits per heavy atom. The summed E-state index contributed by atoms with van der Waals surface area (Å²) in [7, 11) is -3.72. The van der Waals surface area contributed by atoms with E-state index in [1.54, 1.807) is 0 Å². The van der Waals surface area contributed by atoms with E-state index in [9.17, 15) is 17.6 Å². The van der Waals surface area contributed by atoms with Crippen LogP contribution in [0.1, 0.15) is 36.8 Å². The molecule has 3 aromatic rings. The minimum absolute atomic E-state index is 0.0292. The number of hydrogen-bond donors (Lipinski definition) is 1. The highest BCUT2D eigenvalue weighted by atomic mass is 32.2. The molecule has 0 unspecified atom stereocenters. The van der Waals surface area contributed by atoms with Crippen LogP contribution < -0.4 is 5.32 Å².